The Morgan fingerprint density at radius 3 is 2.50 bits per heavy atom. The third kappa shape index (κ3) is 6.30. The van der Waals surface area contributed by atoms with Gasteiger partial charge in [-0.1, -0.05) is 53.5 Å². The van der Waals surface area contributed by atoms with Crippen LogP contribution < -0.4 is 15.0 Å². The molecule has 1 aromatic heterocycles. The van der Waals surface area contributed by atoms with E-state index in [4.69, 9.17) is 32.7 Å². The number of hydrogen-bond donors (Lipinski definition) is 0. The van der Waals surface area contributed by atoms with Crippen LogP contribution in [-0.2, 0) is 12.8 Å². The molecular formula is C30H19BrCl2F3N3O3. The summed E-state index contributed by atoms with van der Waals surface area (Å²) < 4.78 is 53.4. The van der Waals surface area contributed by atoms with Gasteiger partial charge in [-0.05, 0) is 70.0 Å². The molecule has 0 amide bonds. The van der Waals surface area contributed by atoms with E-state index in [1.807, 2.05) is 0 Å². The number of para-hydroxylation sites is 1. The van der Waals surface area contributed by atoms with Gasteiger partial charge in [-0.2, -0.15) is 22.9 Å². The highest BCUT2D eigenvalue weighted by Crippen LogP contribution is 2.35. The minimum Gasteiger partial charge on any atom is -0.493 e. The van der Waals surface area contributed by atoms with Crippen molar-refractivity contribution in [3.05, 3.63) is 120 Å². The van der Waals surface area contributed by atoms with Gasteiger partial charge in [0.05, 0.1) is 39.8 Å². The van der Waals surface area contributed by atoms with E-state index in [1.165, 1.54) is 25.5 Å². The van der Waals surface area contributed by atoms with Crippen LogP contribution in [-0.4, -0.2) is 23.0 Å². The molecular weight excluding hydrogens is 658 g/mol. The van der Waals surface area contributed by atoms with E-state index in [1.54, 1.807) is 54.6 Å². The Bertz CT molecular complexity index is 1890. The van der Waals surface area contributed by atoms with Gasteiger partial charge >= 0.3 is 6.18 Å². The third-order valence-corrected chi connectivity index (χ3v) is 7.60. The van der Waals surface area contributed by atoms with Crippen LogP contribution in [0.15, 0.2) is 93.2 Å². The number of rotatable bonds is 7. The van der Waals surface area contributed by atoms with E-state index < -0.39 is 17.3 Å². The predicted octanol–water partition coefficient (Wildman–Crippen LogP) is 8.62. The lowest BCUT2D eigenvalue weighted by Gasteiger charge is -2.14. The zero-order valence-electron chi connectivity index (χ0n) is 21.6. The quantitative estimate of drug-likeness (QED) is 0.162. The maximum Gasteiger partial charge on any atom is 0.416 e. The van der Waals surface area contributed by atoms with Crippen LogP contribution in [0.1, 0.15) is 16.7 Å². The molecule has 0 aliphatic rings. The van der Waals surface area contributed by atoms with Crippen molar-refractivity contribution in [3.63, 3.8) is 0 Å². The van der Waals surface area contributed by atoms with Gasteiger partial charge in [0, 0.05) is 15.6 Å². The third-order valence-electron chi connectivity index (χ3n) is 6.18. The van der Waals surface area contributed by atoms with E-state index in [0.717, 1.165) is 22.4 Å². The summed E-state index contributed by atoms with van der Waals surface area (Å²) in [7, 11) is 1.47. The van der Waals surface area contributed by atoms with Crippen molar-refractivity contribution in [3.8, 4) is 22.9 Å². The second-order valence-corrected chi connectivity index (χ2v) is 10.6. The molecule has 0 radical (unpaired) electrons. The van der Waals surface area contributed by atoms with Crippen LogP contribution in [0.25, 0.3) is 22.3 Å². The van der Waals surface area contributed by atoms with Gasteiger partial charge in [-0.3, -0.25) is 4.79 Å². The van der Waals surface area contributed by atoms with E-state index in [9.17, 15) is 18.0 Å². The zero-order chi connectivity index (χ0) is 30.0. The first-order valence-corrected chi connectivity index (χ1v) is 13.8. The molecule has 0 saturated carbocycles. The van der Waals surface area contributed by atoms with Crippen molar-refractivity contribution in [2.24, 2.45) is 5.10 Å². The van der Waals surface area contributed by atoms with E-state index in [-0.39, 0.29) is 23.4 Å². The highest BCUT2D eigenvalue weighted by atomic mass is 79.9. The van der Waals surface area contributed by atoms with Gasteiger partial charge < -0.3 is 9.47 Å². The van der Waals surface area contributed by atoms with Crippen LogP contribution in [0.3, 0.4) is 0 Å². The minimum absolute atomic E-state index is 0.0503. The van der Waals surface area contributed by atoms with Crippen LogP contribution in [0.4, 0.5) is 13.2 Å². The second-order valence-electron chi connectivity index (χ2n) is 8.95. The van der Waals surface area contributed by atoms with Crippen molar-refractivity contribution in [2.45, 2.75) is 12.8 Å². The summed E-state index contributed by atoms with van der Waals surface area (Å²) in [4.78, 5) is 18.0. The van der Waals surface area contributed by atoms with Crippen LogP contribution in [0, 0.1) is 0 Å². The molecule has 1 heterocycles. The normalized spacial score (nSPS) is 11.8. The first kappa shape index (κ1) is 29.6. The topological polar surface area (TPSA) is 65.7 Å². The average molecular weight is 677 g/mol. The van der Waals surface area contributed by atoms with Gasteiger partial charge in [0.2, 0.25) is 0 Å². The number of ether oxygens (including phenoxy) is 2. The number of methoxy groups -OCH3 is 1. The highest BCUT2D eigenvalue weighted by Gasteiger charge is 2.31. The fourth-order valence-corrected chi connectivity index (χ4v) is 4.83. The summed E-state index contributed by atoms with van der Waals surface area (Å²) in [6, 6.07) is 19.6. The molecule has 0 aliphatic heterocycles. The standard InChI is InChI=1S/C30H19BrCl2F3N3O3/c1-41-26-13-19(22(31)14-27(26)42-16-17-9-10-23(32)24(33)11-17)15-37-39-28(18-5-4-6-20(12-18)30(34,35)36)38-25-8-3-2-7-21(25)29(39)40/h2-15H,16H2,1H3. The molecule has 6 nitrogen and oxygen atoms in total. The molecule has 5 rings (SSSR count). The van der Waals surface area contributed by atoms with E-state index in [0.29, 0.717) is 37.1 Å². The van der Waals surface area contributed by atoms with Crippen LogP contribution >= 0.6 is 39.1 Å². The molecule has 214 valence electrons. The van der Waals surface area contributed by atoms with Crippen molar-refractivity contribution in [1.82, 2.24) is 9.66 Å². The van der Waals surface area contributed by atoms with Crippen molar-refractivity contribution in [2.75, 3.05) is 7.11 Å². The average Bonchev–Trinajstić information content (AvgIpc) is 2.97. The molecule has 0 spiro atoms. The first-order chi connectivity index (χ1) is 20.0. The molecule has 0 saturated heterocycles. The molecule has 0 aliphatic carbocycles. The molecule has 0 fully saturated rings. The predicted molar refractivity (Wildman–Crippen MR) is 161 cm³/mol. The first-order valence-electron chi connectivity index (χ1n) is 12.2. The van der Waals surface area contributed by atoms with Crippen molar-refractivity contribution < 1.29 is 22.6 Å². The Labute approximate surface area is 256 Å². The number of hydrogen-bond acceptors (Lipinski definition) is 5. The maximum absolute atomic E-state index is 13.5. The molecule has 4 aromatic carbocycles. The van der Waals surface area contributed by atoms with E-state index >= 15 is 0 Å². The summed E-state index contributed by atoms with van der Waals surface area (Å²) in [6.45, 7) is 0.186. The van der Waals surface area contributed by atoms with E-state index in [2.05, 4.69) is 26.0 Å². The number of benzene rings is 4. The summed E-state index contributed by atoms with van der Waals surface area (Å²) in [5, 5.41) is 5.45. The Hall–Kier alpha value is -3.86. The zero-order valence-corrected chi connectivity index (χ0v) is 24.7. The van der Waals surface area contributed by atoms with Crippen molar-refractivity contribution >= 4 is 56.2 Å². The molecule has 5 aromatic rings. The van der Waals surface area contributed by atoms with Gasteiger partial charge in [0.25, 0.3) is 5.56 Å². The number of alkyl halides is 3. The lowest BCUT2D eigenvalue weighted by atomic mass is 10.1. The molecule has 12 heteroatoms. The summed E-state index contributed by atoms with van der Waals surface area (Å²) in [5.41, 5.74) is 0.276. The smallest absolute Gasteiger partial charge is 0.416 e. The summed E-state index contributed by atoms with van der Waals surface area (Å²) in [6.07, 6.45) is -3.20. The molecule has 0 bridgehead atoms. The molecule has 0 unspecified atom stereocenters. The number of halogens is 6. The van der Waals surface area contributed by atoms with Crippen molar-refractivity contribution in [1.29, 1.82) is 0 Å². The number of nitrogens with zero attached hydrogens (tertiary/aromatic N) is 3. The Balaban J connectivity index is 1.54. The molecule has 0 atom stereocenters. The lowest BCUT2D eigenvalue weighted by molar-refractivity contribution is -0.137. The minimum atomic E-state index is -4.58. The lowest BCUT2D eigenvalue weighted by Crippen LogP contribution is -2.20. The summed E-state index contributed by atoms with van der Waals surface area (Å²) >= 11 is 15.6. The highest BCUT2D eigenvalue weighted by molar-refractivity contribution is 9.10. The Morgan fingerprint density at radius 2 is 1.76 bits per heavy atom. The second kappa shape index (κ2) is 12.2. The Morgan fingerprint density at radius 1 is 0.976 bits per heavy atom. The monoisotopic (exact) mass is 675 g/mol. The van der Waals surface area contributed by atoms with Gasteiger partial charge in [0.1, 0.15) is 6.61 Å². The summed E-state index contributed by atoms with van der Waals surface area (Å²) in [5.74, 6) is 0.745. The molecule has 42 heavy (non-hydrogen) atoms. The fourth-order valence-electron chi connectivity index (χ4n) is 4.08. The largest absolute Gasteiger partial charge is 0.493 e. The van der Waals surface area contributed by atoms with Gasteiger partial charge in [-0.25, -0.2) is 4.98 Å². The number of aromatic nitrogens is 2. The Kier molecular flexibility index (Phi) is 8.58. The van der Waals surface area contributed by atoms with Crippen LogP contribution in [0.5, 0.6) is 11.5 Å². The van der Waals surface area contributed by atoms with Crippen LogP contribution in [0.2, 0.25) is 10.0 Å². The van der Waals surface area contributed by atoms with Gasteiger partial charge in [-0.15, -0.1) is 0 Å². The maximum atomic E-state index is 13.5. The fraction of sp³-hybridized carbons (Fsp3) is 0.100. The number of fused-ring (bicyclic) bond motifs is 1. The van der Waals surface area contributed by atoms with Gasteiger partial charge in [0.15, 0.2) is 17.3 Å². The SMILES string of the molecule is COc1cc(C=Nn2c(-c3cccc(C(F)(F)F)c3)nc3ccccc3c2=O)c(Br)cc1OCc1ccc(Cl)c(Cl)c1. The molecule has 0 N–H and O–H groups in total.